The molecule has 6 heteroatoms. The zero-order valence-electron chi connectivity index (χ0n) is 14.1. The van der Waals surface area contributed by atoms with Crippen LogP contribution in [0.3, 0.4) is 0 Å². The van der Waals surface area contributed by atoms with E-state index in [9.17, 15) is 14.4 Å². The van der Waals surface area contributed by atoms with Gasteiger partial charge in [0, 0.05) is 5.57 Å². The molecule has 1 heterocycles. The van der Waals surface area contributed by atoms with Crippen molar-refractivity contribution >= 4 is 17.7 Å². The van der Waals surface area contributed by atoms with E-state index >= 15 is 0 Å². The molecule has 0 amide bonds. The number of allylic oxidation sites excluding steroid dienone is 1. The van der Waals surface area contributed by atoms with Gasteiger partial charge in [-0.1, -0.05) is 12.1 Å². The number of methoxy groups -OCH3 is 1. The van der Waals surface area contributed by atoms with Crippen molar-refractivity contribution in [3.8, 4) is 5.75 Å². The maximum Gasteiger partial charge on any atom is 0.319 e. The minimum atomic E-state index is -1.03. The lowest BCUT2D eigenvalue weighted by molar-refractivity contribution is -0.156. The van der Waals surface area contributed by atoms with Crippen LogP contribution in [0.1, 0.15) is 32.3 Å². The standard InChI is InChI=1S/C18H20O6/c1-5-23-17(20)16-14(10(2)19)11(3)24-18(21)15(16)12-7-6-8-13(9-12)22-4/h6-9,15-16H,5H2,1-4H3/t15-,16+/m1/s1. The molecule has 0 saturated heterocycles. The van der Waals surface area contributed by atoms with Crippen LogP contribution in [0.4, 0.5) is 0 Å². The van der Waals surface area contributed by atoms with E-state index in [1.807, 2.05) is 0 Å². The SMILES string of the molecule is CCOC(=O)[C@H]1C(C(C)=O)=C(C)OC(=O)[C@@H]1c1cccc(OC)c1. The van der Waals surface area contributed by atoms with Crippen molar-refractivity contribution in [2.24, 2.45) is 5.92 Å². The Hall–Kier alpha value is -2.63. The molecular formula is C18H20O6. The molecule has 0 unspecified atom stereocenters. The fourth-order valence-corrected chi connectivity index (χ4v) is 2.91. The van der Waals surface area contributed by atoms with Gasteiger partial charge in [-0.25, -0.2) is 0 Å². The number of esters is 2. The Bertz CT molecular complexity index is 703. The van der Waals surface area contributed by atoms with Crippen LogP contribution in [0.15, 0.2) is 35.6 Å². The Balaban J connectivity index is 2.59. The summed E-state index contributed by atoms with van der Waals surface area (Å²) >= 11 is 0. The molecule has 0 aliphatic carbocycles. The summed E-state index contributed by atoms with van der Waals surface area (Å²) in [6.45, 7) is 4.67. The third-order valence-corrected chi connectivity index (χ3v) is 3.90. The van der Waals surface area contributed by atoms with Crippen molar-refractivity contribution in [1.82, 2.24) is 0 Å². The molecule has 1 aromatic rings. The van der Waals surface area contributed by atoms with Gasteiger partial charge in [-0.15, -0.1) is 0 Å². The first kappa shape index (κ1) is 17.7. The Morgan fingerprint density at radius 2 is 2.00 bits per heavy atom. The molecule has 0 bridgehead atoms. The van der Waals surface area contributed by atoms with Crippen LogP contribution in [-0.4, -0.2) is 31.4 Å². The Kier molecular flexibility index (Phi) is 5.39. The molecule has 24 heavy (non-hydrogen) atoms. The van der Waals surface area contributed by atoms with Gasteiger partial charge in [0.05, 0.1) is 13.7 Å². The number of rotatable bonds is 5. The number of ether oxygens (including phenoxy) is 3. The van der Waals surface area contributed by atoms with E-state index in [2.05, 4.69) is 0 Å². The largest absolute Gasteiger partial charge is 0.497 e. The van der Waals surface area contributed by atoms with Gasteiger partial charge in [0.25, 0.3) is 0 Å². The number of Topliss-reactive ketones (excluding diaryl/α,β-unsaturated/α-hetero) is 1. The van der Waals surface area contributed by atoms with Crippen LogP contribution in [0.5, 0.6) is 5.75 Å². The maximum atomic E-state index is 12.5. The second kappa shape index (κ2) is 7.29. The van der Waals surface area contributed by atoms with Crippen molar-refractivity contribution in [2.75, 3.05) is 13.7 Å². The first-order valence-corrected chi connectivity index (χ1v) is 7.64. The lowest BCUT2D eigenvalue weighted by Crippen LogP contribution is -2.38. The van der Waals surface area contributed by atoms with Crippen molar-refractivity contribution in [2.45, 2.75) is 26.7 Å². The average molecular weight is 332 g/mol. The van der Waals surface area contributed by atoms with Gasteiger partial charge in [-0.05, 0) is 38.5 Å². The first-order valence-electron chi connectivity index (χ1n) is 7.64. The third-order valence-electron chi connectivity index (χ3n) is 3.90. The van der Waals surface area contributed by atoms with Gasteiger partial charge in [-0.2, -0.15) is 0 Å². The second-order valence-electron chi connectivity index (χ2n) is 5.43. The second-order valence-corrected chi connectivity index (χ2v) is 5.43. The average Bonchev–Trinajstić information content (AvgIpc) is 2.53. The molecule has 1 aliphatic heterocycles. The molecule has 0 spiro atoms. The molecule has 0 N–H and O–H groups in total. The molecule has 0 radical (unpaired) electrons. The van der Waals surface area contributed by atoms with Crippen LogP contribution < -0.4 is 4.74 Å². The summed E-state index contributed by atoms with van der Waals surface area (Å²) in [5, 5.41) is 0. The number of hydrogen-bond donors (Lipinski definition) is 0. The quantitative estimate of drug-likeness (QED) is 0.770. The van der Waals surface area contributed by atoms with Gasteiger partial charge in [-0.3, -0.25) is 14.4 Å². The fraction of sp³-hybridized carbons (Fsp3) is 0.389. The van der Waals surface area contributed by atoms with E-state index < -0.39 is 23.8 Å². The molecule has 128 valence electrons. The summed E-state index contributed by atoms with van der Waals surface area (Å²) in [6.07, 6.45) is 0. The summed E-state index contributed by atoms with van der Waals surface area (Å²) in [5.41, 5.74) is 0.699. The Labute approximate surface area is 140 Å². The van der Waals surface area contributed by atoms with E-state index in [4.69, 9.17) is 14.2 Å². The minimum Gasteiger partial charge on any atom is -0.497 e. The van der Waals surface area contributed by atoms with Crippen molar-refractivity contribution in [3.05, 3.63) is 41.2 Å². The lowest BCUT2D eigenvalue weighted by atomic mass is 9.77. The normalized spacial score (nSPS) is 20.4. The monoisotopic (exact) mass is 332 g/mol. The summed E-state index contributed by atoms with van der Waals surface area (Å²) in [5.74, 6) is -2.85. The van der Waals surface area contributed by atoms with E-state index in [1.165, 1.54) is 21.0 Å². The van der Waals surface area contributed by atoms with Crippen molar-refractivity contribution < 1.29 is 28.6 Å². The smallest absolute Gasteiger partial charge is 0.319 e. The number of carbonyl (C=O) groups excluding carboxylic acids is 3. The third kappa shape index (κ3) is 3.32. The predicted molar refractivity (Wildman–Crippen MR) is 85.3 cm³/mol. The zero-order chi connectivity index (χ0) is 17.9. The molecule has 6 nitrogen and oxygen atoms in total. The zero-order valence-corrected chi connectivity index (χ0v) is 14.1. The molecular weight excluding hydrogens is 312 g/mol. The van der Waals surface area contributed by atoms with E-state index in [1.54, 1.807) is 31.2 Å². The first-order chi connectivity index (χ1) is 11.4. The number of carbonyl (C=O) groups is 3. The van der Waals surface area contributed by atoms with Gasteiger partial charge in [0.1, 0.15) is 23.3 Å². The molecule has 2 atom stereocenters. The highest BCUT2D eigenvalue weighted by Gasteiger charge is 2.46. The van der Waals surface area contributed by atoms with Crippen LogP contribution in [0.25, 0.3) is 0 Å². The van der Waals surface area contributed by atoms with E-state index in [0.29, 0.717) is 11.3 Å². The minimum absolute atomic E-state index is 0.143. The highest BCUT2D eigenvalue weighted by atomic mass is 16.5. The van der Waals surface area contributed by atoms with E-state index in [-0.39, 0.29) is 23.7 Å². The molecule has 1 aliphatic rings. The van der Waals surface area contributed by atoms with Gasteiger partial charge in [0.15, 0.2) is 5.78 Å². The Morgan fingerprint density at radius 1 is 1.29 bits per heavy atom. The van der Waals surface area contributed by atoms with Gasteiger partial charge < -0.3 is 14.2 Å². The number of cyclic esters (lactones) is 1. The van der Waals surface area contributed by atoms with Crippen molar-refractivity contribution in [3.63, 3.8) is 0 Å². The molecule has 1 aromatic carbocycles. The number of hydrogen-bond acceptors (Lipinski definition) is 6. The van der Waals surface area contributed by atoms with E-state index in [0.717, 1.165) is 0 Å². The summed E-state index contributed by atoms with van der Waals surface area (Å²) in [7, 11) is 1.51. The van der Waals surface area contributed by atoms with Crippen molar-refractivity contribution in [1.29, 1.82) is 0 Å². The maximum absolute atomic E-state index is 12.5. The molecule has 0 fully saturated rings. The predicted octanol–water partition coefficient (Wildman–Crippen LogP) is 2.38. The van der Waals surface area contributed by atoms with Crippen LogP contribution in [0.2, 0.25) is 0 Å². The van der Waals surface area contributed by atoms with Crippen LogP contribution in [0, 0.1) is 5.92 Å². The molecule has 2 rings (SSSR count). The highest BCUT2D eigenvalue weighted by Crippen LogP contribution is 2.39. The van der Waals surface area contributed by atoms with Crippen LogP contribution in [-0.2, 0) is 23.9 Å². The topological polar surface area (TPSA) is 78.9 Å². The van der Waals surface area contributed by atoms with Gasteiger partial charge >= 0.3 is 11.9 Å². The van der Waals surface area contributed by atoms with Crippen LogP contribution >= 0.6 is 0 Å². The Morgan fingerprint density at radius 3 is 2.58 bits per heavy atom. The number of benzene rings is 1. The lowest BCUT2D eigenvalue weighted by Gasteiger charge is -2.31. The molecule has 0 saturated carbocycles. The summed E-state index contributed by atoms with van der Waals surface area (Å²) in [4.78, 5) is 37.0. The summed E-state index contributed by atoms with van der Waals surface area (Å²) < 4.78 is 15.5. The number of ketones is 1. The fourth-order valence-electron chi connectivity index (χ4n) is 2.91. The summed E-state index contributed by atoms with van der Waals surface area (Å²) in [6, 6.07) is 6.78. The molecule has 0 aromatic heterocycles. The highest BCUT2D eigenvalue weighted by molar-refractivity contribution is 6.04. The van der Waals surface area contributed by atoms with Gasteiger partial charge in [0.2, 0.25) is 0 Å².